The lowest BCUT2D eigenvalue weighted by Gasteiger charge is -2.37. The SMILES string of the molecule is C1CC1c1n[nH]c(C2CC2)c1[Si](c1c(C2CC2)n[nH]c1C1CC1)(c1c(C2CC2)n[nH]c1C1CC1)c1c(C2CC2)n[nH]c1C1CC1. The summed E-state index contributed by atoms with van der Waals surface area (Å²) in [5, 5.41) is 43.5. The van der Waals surface area contributed by atoms with E-state index >= 15 is 0 Å². The van der Waals surface area contributed by atoms with E-state index in [0.29, 0.717) is 47.3 Å². The molecule has 4 aromatic heterocycles. The van der Waals surface area contributed by atoms with Gasteiger partial charge in [-0.05, 0) is 123 Å². The smallest absolute Gasteiger partial charge is 0.196 e. The Hall–Kier alpha value is -2.94. The first-order chi connectivity index (χ1) is 22.3. The van der Waals surface area contributed by atoms with Crippen molar-refractivity contribution in [3.05, 3.63) is 45.6 Å². The third kappa shape index (κ3) is 3.76. The van der Waals surface area contributed by atoms with Crippen LogP contribution in [0.4, 0.5) is 0 Å². The number of hydrogen-bond donors (Lipinski definition) is 4. The Kier molecular flexibility index (Phi) is 4.86. The summed E-state index contributed by atoms with van der Waals surface area (Å²) in [6, 6.07) is 0. The highest BCUT2D eigenvalue weighted by Gasteiger charge is 2.61. The first kappa shape index (κ1) is 25.2. The second kappa shape index (κ2) is 8.69. The van der Waals surface area contributed by atoms with Crippen molar-refractivity contribution < 1.29 is 0 Å². The van der Waals surface area contributed by atoms with Gasteiger partial charge in [-0.2, -0.15) is 20.4 Å². The van der Waals surface area contributed by atoms with Gasteiger partial charge in [-0.15, -0.1) is 0 Å². The lowest BCUT2D eigenvalue weighted by molar-refractivity contribution is 0.926. The number of hydrogen-bond acceptors (Lipinski definition) is 4. The van der Waals surface area contributed by atoms with Crippen molar-refractivity contribution >= 4 is 28.8 Å². The van der Waals surface area contributed by atoms with Crippen molar-refractivity contribution in [1.82, 2.24) is 40.8 Å². The van der Waals surface area contributed by atoms with Crippen LogP contribution in [0.2, 0.25) is 0 Å². The van der Waals surface area contributed by atoms with Crippen LogP contribution in [0.1, 0.15) is 196 Å². The standard InChI is InChI=1S/C36H44N8Si/c1-2-17(1)25-33(26(38-37-25)18-3-4-18)45(34-27(19-5-6-19)39-40-28(34)20-7-8-20,35-29(21-9-10-21)41-42-30(35)22-11-12-22)36-31(23-13-14-23)43-44-32(36)24-15-16-24/h17-24H,1-16H2,(H,37,38)(H,39,40)(H,41,42)(H,43,44). The van der Waals surface area contributed by atoms with Crippen LogP contribution in [0.25, 0.3) is 0 Å². The van der Waals surface area contributed by atoms with E-state index in [9.17, 15) is 0 Å². The van der Waals surface area contributed by atoms with E-state index in [0.717, 1.165) is 0 Å². The van der Waals surface area contributed by atoms with Gasteiger partial charge in [0.25, 0.3) is 0 Å². The molecule has 0 aromatic carbocycles. The van der Waals surface area contributed by atoms with E-state index in [1.165, 1.54) is 148 Å². The highest BCUT2D eigenvalue weighted by atomic mass is 28.3. The minimum absolute atomic E-state index is 0.581. The quantitative estimate of drug-likeness (QED) is 0.168. The Balaban J connectivity index is 1.30. The van der Waals surface area contributed by atoms with E-state index in [1.54, 1.807) is 20.7 Å². The van der Waals surface area contributed by atoms with Crippen molar-refractivity contribution in [1.29, 1.82) is 0 Å². The summed E-state index contributed by atoms with van der Waals surface area (Å²) in [6.07, 6.45) is 20.5. The Bertz CT molecular complexity index is 1450. The van der Waals surface area contributed by atoms with Gasteiger partial charge in [-0.1, -0.05) is 0 Å². The van der Waals surface area contributed by atoms with Gasteiger partial charge >= 0.3 is 0 Å². The highest BCUT2D eigenvalue weighted by Crippen LogP contribution is 2.51. The molecule has 0 radical (unpaired) electrons. The molecule has 8 aliphatic carbocycles. The summed E-state index contributed by atoms with van der Waals surface area (Å²) >= 11 is 0. The van der Waals surface area contributed by atoms with Crippen LogP contribution in [-0.4, -0.2) is 48.9 Å². The number of aromatic amines is 4. The average molecular weight is 617 g/mol. The summed E-state index contributed by atoms with van der Waals surface area (Å²) in [5.41, 5.74) is 11.6. The van der Waals surface area contributed by atoms with Gasteiger partial charge in [0.2, 0.25) is 0 Å². The molecule has 0 saturated heterocycles. The van der Waals surface area contributed by atoms with Crippen LogP contribution in [0.5, 0.6) is 0 Å². The number of nitrogens with zero attached hydrogens (tertiary/aromatic N) is 4. The van der Waals surface area contributed by atoms with Gasteiger partial charge in [0, 0.05) is 70.1 Å². The molecule has 0 atom stereocenters. The van der Waals surface area contributed by atoms with Crippen LogP contribution in [0.15, 0.2) is 0 Å². The van der Waals surface area contributed by atoms with E-state index in [1.807, 2.05) is 0 Å². The molecule has 8 aliphatic rings. The van der Waals surface area contributed by atoms with Crippen molar-refractivity contribution in [3.8, 4) is 0 Å². The zero-order chi connectivity index (χ0) is 29.0. The van der Waals surface area contributed by atoms with E-state index in [4.69, 9.17) is 20.4 Å². The number of rotatable bonds is 12. The monoisotopic (exact) mass is 616 g/mol. The van der Waals surface area contributed by atoms with Crippen LogP contribution < -0.4 is 20.7 Å². The molecule has 12 rings (SSSR count). The second-order valence-corrected chi connectivity index (χ2v) is 20.0. The molecule has 0 aliphatic heterocycles. The van der Waals surface area contributed by atoms with Gasteiger partial charge in [-0.25, -0.2) is 0 Å². The predicted molar refractivity (Wildman–Crippen MR) is 174 cm³/mol. The van der Waals surface area contributed by atoms with E-state index in [2.05, 4.69) is 20.4 Å². The van der Waals surface area contributed by atoms with Gasteiger partial charge in [0.1, 0.15) is 0 Å². The fourth-order valence-corrected chi connectivity index (χ4v) is 15.8. The lowest BCUT2D eigenvalue weighted by Crippen LogP contribution is -2.78. The molecule has 8 saturated carbocycles. The normalized spacial score (nSPS) is 25.4. The van der Waals surface area contributed by atoms with E-state index < -0.39 is 8.07 Å². The summed E-state index contributed by atoms with van der Waals surface area (Å²) in [4.78, 5) is 0. The molecule has 232 valence electrons. The molecule has 0 bridgehead atoms. The molecule has 4 aromatic rings. The predicted octanol–water partition coefficient (Wildman–Crippen LogP) is 4.98. The van der Waals surface area contributed by atoms with Crippen LogP contribution in [0, 0.1) is 0 Å². The van der Waals surface area contributed by atoms with Gasteiger partial charge in [-0.3, -0.25) is 20.4 Å². The zero-order valence-corrected chi connectivity index (χ0v) is 27.2. The molecule has 8 nitrogen and oxygen atoms in total. The van der Waals surface area contributed by atoms with Gasteiger partial charge in [0.15, 0.2) is 8.07 Å². The first-order valence-corrected chi connectivity index (χ1v) is 20.6. The maximum absolute atomic E-state index is 5.39. The summed E-state index contributed by atoms with van der Waals surface area (Å²) < 4.78 is 0. The maximum atomic E-state index is 5.39. The van der Waals surface area contributed by atoms with E-state index in [-0.39, 0.29) is 0 Å². The number of H-pyrrole nitrogens is 4. The Morgan fingerprint density at radius 3 is 0.689 bits per heavy atom. The van der Waals surface area contributed by atoms with Crippen molar-refractivity contribution in [3.63, 3.8) is 0 Å². The van der Waals surface area contributed by atoms with Crippen LogP contribution in [0.3, 0.4) is 0 Å². The molecule has 45 heavy (non-hydrogen) atoms. The zero-order valence-electron chi connectivity index (χ0n) is 26.2. The Morgan fingerprint density at radius 2 is 0.511 bits per heavy atom. The molecular formula is C36H44N8Si. The fourth-order valence-electron chi connectivity index (χ4n) is 9.09. The maximum Gasteiger partial charge on any atom is 0.196 e. The van der Waals surface area contributed by atoms with Crippen molar-refractivity contribution in [2.24, 2.45) is 0 Å². The summed E-state index contributed by atoms with van der Waals surface area (Å²) in [5.74, 6) is 4.75. The fraction of sp³-hybridized carbons (Fsp3) is 0.667. The topological polar surface area (TPSA) is 115 Å². The average Bonchev–Trinajstić information content (AvgIpc) is 3.88. The summed E-state index contributed by atoms with van der Waals surface area (Å²) in [7, 11) is -3.00. The molecule has 0 spiro atoms. The van der Waals surface area contributed by atoms with Gasteiger partial charge < -0.3 is 0 Å². The molecule has 0 amide bonds. The van der Waals surface area contributed by atoms with Crippen LogP contribution in [-0.2, 0) is 0 Å². The molecule has 4 heterocycles. The third-order valence-electron chi connectivity index (χ3n) is 12.6. The molecule has 0 unspecified atom stereocenters. The lowest BCUT2D eigenvalue weighted by atomic mass is 10.2. The molecular weight excluding hydrogens is 573 g/mol. The summed E-state index contributed by atoms with van der Waals surface area (Å²) in [6.45, 7) is 0. The minimum atomic E-state index is -3.00. The molecule has 8 fully saturated rings. The third-order valence-corrected chi connectivity index (χ3v) is 17.7. The Morgan fingerprint density at radius 1 is 0.311 bits per heavy atom. The van der Waals surface area contributed by atoms with Crippen molar-refractivity contribution in [2.75, 3.05) is 0 Å². The van der Waals surface area contributed by atoms with Crippen molar-refractivity contribution in [2.45, 2.75) is 150 Å². The first-order valence-electron chi connectivity index (χ1n) is 18.6. The van der Waals surface area contributed by atoms with Crippen LogP contribution >= 0.6 is 0 Å². The highest BCUT2D eigenvalue weighted by molar-refractivity contribution is 7.21. The minimum Gasteiger partial charge on any atom is -0.282 e. The number of nitrogens with one attached hydrogen (secondary N) is 4. The largest absolute Gasteiger partial charge is 0.282 e. The Labute approximate surface area is 264 Å². The molecule has 4 N–H and O–H groups in total. The molecule has 9 heteroatoms. The second-order valence-electron chi connectivity index (χ2n) is 16.5. The van der Waals surface area contributed by atoms with Gasteiger partial charge in [0.05, 0.1) is 22.8 Å². The number of aromatic nitrogens is 8.